The summed E-state index contributed by atoms with van der Waals surface area (Å²) in [5.74, 6) is 0.0192. The summed E-state index contributed by atoms with van der Waals surface area (Å²) in [7, 11) is 0. The minimum absolute atomic E-state index is 0.0192. The van der Waals surface area contributed by atoms with Gasteiger partial charge in [-0.1, -0.05) is 6.07 Å². The van der Waals surface area contributed by atoms with Gasteiger partial charge in [0.2, 0.25) is 0 Å². The van der Waals surface area contributed by atoms with E-state index in [1.54, 1.807) is 6.20 Å². The lowest BCUT2D eigenvalue weighted by atomic mass is 10.0. The minimum atomic E-state index is 0.0192. The number of carbonyl (C=O) groups is 1. The van der Waals surface area contributed by atoms with E-state index in [1.807, 2.05) is 48.2 Å². The smallest absolute Gasteiger partial charge is 0.261 e. The maximum absolute atomic E-state index is 12.6. The van der Waals surface area contributed by atoms with E-state index in [-0.39, 0.29) is 5.91 Å². The molecule has 4 aromatic rings. The summed E-state index contributed by atoms with van der Waals surface area (Å²) < 4.78 is 0. The average molecular weight is 391 g/mol. The Balaban J connectivity index is 1.32. The number of hydrogen-bond acceptors (Lipinski definition) is 4. The van der Waals surface area contributed by atoms with Crippen molar-refractivity contribution in [1.82, 2.24) is 20.3 Å². The second-order valence-electron chi connectivity index (χ2n) is 6.74. The lowest BCUT2D eigenvalue weighted by molar-refractivity contribution is 0.0956. The van der Waals surface area contributed by atoms with Crippen LogP contribution in [0.5, 0.6) is 0 Å². The van der Waals surface area contributed by atoms with Gasteiger partial charge in [-0.15, -0.1) is 11.3 Å². The fourth-order valence-electron chi connectivity index (χ4n) is 3.33. The monoisotopic (exact) mass is 390 g/mol. The second kappa shape index (κ2) is 8.80. The lowest BCUT2D eigenvalue weighted by Gasteiger charge is -2.07. The van der Waals surface area contributed by atoms with Crippen LogP contribution in [-0.2, 0) is 12.8 Å². The number of rotatable bonds is 8. The zero-order valence-electron chi connectivity index (χ0n) is 15.5. The molecule has 0 aliphatic heterocycles. The van der Waals surface area contributed by atoms with E-state index in [2.05, 4.69) is 26.3 Å². The van der Waals surface area contributed by atoms with E-state index in [1.165, 1.54) is 22.5 Å². The molecule has 142 valence electrons. The third-order valence-electron chi connectivity index (χ3n) is 4.78. The topological polar surface area (TPSA) is 70.7 Å². The summed E-state index contributed by atoms with van der Waals surface area (Å²) in [5.41, 5.74) is 4.36. The molecule has 0 bridgehead atoms. The summed E-state index contributed by atoms with van der Waals surface area (Å²) in [6.07, 6.45) is 11.1. The molecule has 5 nitrogen and oxygen atoms in total. The Morgan fingerprint density at radius 3 is 2.96 bits per heavy atom. The van der Waals surface area contributed by atoms with Crippen LogP contribution < -0.4 is 5.32 Å². The van der Waals surface area contributed by atoms with Crippen LogP contribution in [0.4, 0.5) is 0 Å². The van der Waals surface area contributed by atoms with Crippen LogP contribution in [0, 0.1) is 0 Å². The number of aromatic amines is 1. The molecule has 0 saturated heterocycles. The fourth-order valence-corrected chi connectivity index (χ4v) is 4.17. The molecule has 28 heavy (non-hydrogen) atoms. The van der Waals surface area contributed by atoms with Crippen molar-refractivity contribution in [3.8, 4) is 0 Å². The van der Waals surface area contributed by atoms with E-state index in [4.69, 9.17) is 0 Å². The molecule has 0 radical (unpaired) electrons. The fraction of sp³-hybridized carbons (Fsp3) is 0.227. The molecule has 0 aliphatic rings. The standard InChI is InChI=1S/C22H22N4OS/c27-22(26-10-2-1-4-16-5-3-9-23-15-16)20-18(8-13-28-20)14-17-6-11-24-21-19(17)7-12-25-21/h3,5-9,11-13,15H,1-2,4,10,14H2,(H,24,25)(H,26,27). The van der Waals surface area contributed by atoms with E-state index < -0.39 is 0 Å². The molecule has 4 heterocycles. The van der Waals surface area contributed by atoms with Gasteiger partial charge in [-0.2, -0.15) is 0 Å². The number of H-pyrrole nitrogens is 1. The molecule has 0 unspecified atom stereocenters. The van der Waals surface area contributed by atoms with Crippen LogP contribution in [-0.4, -0.2) is 27.4 Å². The largest absolute Gasteiger partial charge is 0.351 e. The summed E-state index contributed by atoms with van der Waals surface area (Å²) in [4.78, 5) is 25.0. The van der Waals surface area contributed by atoms with Gasteiger partial charge in [-0.3, -0.25) is 9.78 Å². The van der Waals surface area contributed by atoms with Crippen molar-refractivity contribution < 1.29 is 4.79 Å². The van der Waals surface area contributed by atoms with Crippen LogP contribution in [0.3, 0.4) is 0 Å². The van der Waals surface area contributed by atoms with Crippen molar-refractivity contribution in [3.05, 3.63) is 82.1 Å². The van der Waals surface area contributed by atoms with Crippen LogP contribution in [0.2, 0.25) is 0 Å². The minimum Gasteiger partial charge on any atom is -0.351 e. The first kappa shape index (κ1) is 18.4. The quantitative estimate of drug-likeness (QED) is 0.439. The number of unbranched alkanes of at least 4 members (excludes halogenated alkanes) is 1. The van der Waals surface area contributed by atoms with Crippen molar-refractivity contribution in [1.29, 1.82) is 0 Å². The normalized spacial score (nSPS) is 11.0. The first-order valence-electron chi connectivity index (χ1n) is 9.46. The molecule has 0 aromatic carbocycles. The predicted molar refractivity (Wildman–Crippen MR) is 113 cm³/mol. The average Bonchev–Trinajstić information content (AvgIpc) is 3.38. The molecule has 0 atom stereocenters. The molecule has 0 saturated carbocycles. The molecular weight excluding hydrogens is 368 g/mol. The zero-order chi connectivity index (χ0) is 19.2. The van der Waals surface area contributed by atoms with Crippen molar-refractivity contribution in [3.63, 3.8) is 0 Å². The molecule has 4 aromatic heterocycles. The Hall–Kier alpha value is -2.99. The van der Waals surface area contributed by atoms with Crippen LogP contribution in [0.25, 0.3) is 11.0 Å². The maximum atomic E-state index is 12.6. The Kier molecular flexibility index (Phi) is 5.77. The Bertz CT molecular complexity index is 1050. The number of carbonyl (C=O) groups excluding carboxylic acids is 1. The van der Waals surface area contributed by atoms with Crippen molar-refractivity contribution in [2.24, 2.45) is 0 Å². The van der Waals surface area contributed by atoms with E-state index in [9.17, 15) is 4.79 Å². The van der Waals surface area contributed by atoms with Crippen molar-refractivity contribution >= 4 is 28.3 Å². The number of aryl methyl sites for hydroxylation is 1. The molecule has 1 amide bonds. The van der Waals surface area contributed by atoms with Gasteiger partial charge in [0.15, 0.2) is 0 Å². The number of hydrogen-bond donors (Lipinski definition) is 2. The second-order valence-corrected chi connectivity index (χ2v) is 7.65. The van der Waals surface area contributed by atoms with Gasteiger partial charge in [0.25, 0.3) is 5.91 Å². The molecule has 0 spiro atoms. The highest BCUT2D eigenvalue weighted by molar-refractivity contribution is 7.12. The maximum Gasteiger partial charge on any atom is 0.261 e. The number of thiophene rings is 1. The third-order valence-corrected chi connectivity index (χ3v) is 5.74. The van der Waals surface area contributed by atoms with Gasteiger partial charge in [-0.05, 0) is 72.0 Å². The Morgan fingerprint density at radius 1 is 1.11 bits per heavy atom. The number of pyridine rings is 2. The highest BCUT2D eigenvalue weighted by Gasteiger charge is 2.14. The summed E-state index contributed by atoms with van der Waals surface area (Å²) in [6, 6.07) is 10.1. The van der Waals surface area contributed by atoms with Gasteiger partial charge in [0.05, 0.1) is 4.88 Å². The van der Waals surface area contributed by atoms with Crippen LogP contribution >= 0.6 is 11.3 Å². The Labute approximate surface area is 167 Å². The summed E-state index contributed by atoms with van der Waals surface area (Å²) in [5, 5.41) is 6.16. The first-order valence-corrected chi connectivity index (χ1v) is 10.3. The van der Waals surface area contributed by atoms with Gasteiger partial charge in [-0.25, -0.2) is 4.98 Å². The lowest BCUT2D eigenvalue weighted by Crippen LogP contribution is -2.24. The zero-order valence-corrected chi connectivity index (χ0v) is 16.3. The number of nitrogens with one attached hydrogen (secondary N) is 2. The van der Waals surface area contributed by atoms with Gasteiger partial charge in [0.1, 0.15) is 5.65 Å². The number of fused-ring (bicyclic) bond motifs is 1. The van der Waals surface area contributed by atoms with Gasteiger partial charge in [0, 0.05) is 36.7 Å². The van der Waals surface area contributed by atoms with Gasteiger partial charge < -0.3 is 10.3 Å². The molecule has 2 N–H and O–H groups in total. The number of amides is 1. The predicted octanol–water partition coefficient (Wildman–Crippen LogP) is 4.36. The summed E-state index contributed by atoms with van der Waals surface area (Å²) >= 11 is 1.50. The van der Waals surface area contributed by atoms with E-state index >= 15 is 0 Å². The number of nitrogens with zero attached hydrogens (tertiary/aromatic N) is 2. The molecule has 0 aliphatic carbocycles. The first-order chi connectivity index (χ1) is 13.8. The highest BCUT2D eigenvalue weighted by atomic mass is 32.1. The van der Waals surface area contributed by atoms with Gasteiger partial charge >= 0.3 is 0 Å². The molecular formula is C22H22N4OS. The molecule has 0 fully saturated rings. The van der Waals surface area contributed by atoms with E-state index in [0.29, 0.717) is 6.54 Å². The van der Waals surface area contributed by atoms with Crippen molar-refractivity contribution in [2.45, 2.75) is 25.7 Å². The molecule has 4 rings (SSSR count). The van der Waals surface area contributed by atoms with E-state index in [0.717, 1.165) is 47.2 Å². The van der Waals surface area contributed by atoms with Crippen LogP contribution in [0.1, 0.15) is 39.2 Å². The number of aromatic nitrogens is 3. The molecule has 6 heteroatoms. The Morgan fingerprint density at radius 2 is 2.07 bits per heavy atom. The summed E-state index contributed by atoms with van der Waals surface area (Å²) in [6.45, 7) is 0.688. The third kappa shape index (κ3) is 4.28. The SMILES string of the molecule is O=C(NCCCCc1cccnc1)c1sccc1Cc1ccnc2[nH]ccc12. The highest BCUT2D eigenvalue weighted by Crippen LogP contribution is 2.24. The van der Waals surface area contributed by atoms with Crippen molar-refractivity contribution in [2.75, 3.05) is 6.54 Å². The van der Waals surface area contributed by atoms with Crippen LogP contribution in [0.15, 0.2) is 60.5 Å².